The van der Waals surface area contributed by atoms with Crippen molar-refractivity contribution in [3.63, 3.8) is 0 Å². The maximum atomic E-state index is 12.6. The summed E-state index contributed by atoms with van der Waals surface area (Å²) in [4.78, 5) is 26.3. The Morgan fingerprint density at radius 2 is 1.88 bits per heavy atom. The minimum absolute atomic E-state index is 0.116. The molecule has 0 aromatic heterocycles. The third-order valence-electron chi connectivity index (χ3n) is 3.45. The molecule has 0 unspecified atom stereocenters. The summed E-state index contributed by atoms with van der Waals surface area (Å²) in [7, 11) is 0. The lowest BCUT2D eigenvalue weighted by molar-refractivity contribution is -0.116. The highest BCUT2D eigenvalue weighted by Crippen LogP contribution is 2.25. The molecule has 2 aromatic carbocycles. The minimum Gasteiger partial charge on any atom is -0.507 e. The Morgan fingerprint density at radius 3 is 2.52 bits per heavy atom. The summed E-state index contributed by atoms with van der Waals surface area (Å²) in [5, 5.41) is 13.3. The van der Waals surface area contributed by atoms with E-state index < -0.39 is 5.91 Å². The van der Waals surface area contributed by atoms with E-state index in [0.717, 1.165) is 0 Å². The van der Waals surface area contributed by atoms with E-state index in [2.05, 4.69) is 5.32 Å². The minimum atomic E-state index is -0.405. The van der Waals surface area contributed by atoms with Gasteiger partial charge in [-0.15, -0.1) is 0 Å². The molecule has 0 heterocycles. The Balaban J connectivity index is 2.11. The van der Waals surface area contributed by atoms with Gasteiger partial charge in [-0.2, -0.15) is 0 Å². The molecule has 0 saturated heterocycles. The quantitative estimate of drug-likeness (QED) is 0.788. The molecule has 2 rings (SSSR count). The lowest BCUT2D eigenvalue weighted by atomic mass is 10.1. The number of nitrogens with zero attached hydrogens (tertiary/aromatic N) is 1. The molecule has 132 valence electrons. The fourth-order valence-electron chi connectivity index (χ4n) is 2.30. The van der Waals surface area contributed by atoms with E-state index in [0.29, 0.717) is 28.7 Å². The van der Waals surface area contributed by atoms with Gasteiger partial charge in [0.2, 0.25) is 5.91 Å². The molecule has 25 heavy (non-hydrogen) atoms. The Labute approximate surface area is 156 Å². The van der Waals surface area contributed by atoms with Crippen LogP contribution in [0.3, 0.4) is 0 Å². The van der Waals surface area contributed by atoms with Gasteiger partial charge in [-0.1, -0.05) is 42.3 Å². The van der Waals surface area contributed by atoms with Gasteiger partial charge in [0.15, 0.2) is 0 Å². The molecule has 2 N–H and O–H groups in total. The molecule has 0 aliphatic heterocycles. The van der Waals surface area contributed by atoms with Crippen LogP contribution in [0.25, 0.3) is 0 Å². The Kier molecular flexibility index (Phi) is 6.67. The zero-order valence-corrected chi connectivity index (χ0v) is 15.1. The smallest absolute Gasteiger partial charge is 0.258 e. The van der Waals surface area contributed by atoms with Crippen LogP contribution in [0.2, 0.25) is 10.0 Å². The van der Waals surface area contributed by atoms with Crippen LogP contribution in [-0.4, -0.2) is 34.9 Å². The predicted molar refractivity (Wildman–Crippen MR) is 99.4 cm³/mol. The fourth-order valence-corrected chi connectivity index (χ4v) is 2.76. The topological polar surface area (TPSA) is 69.6 Å². The van der Waals surface area contributed by atoms with Crippen molar-refractivity contribution < 1.29 is 14.7 Å². The van der Waals surface area contributed by atoms with E-state index >= 15 is 0 Å². The Morgan fingerprint density at radius 1 is 1.16 bits per heavy atom. The number of aromatic hydroxyl groups is 1. The average molecular weight is 381 g/mol. The lowest BCUT2D eigenvalue weighted by Crippen LogP contribution is -2.38. The van der Waals surface area contributed by atoms with Crippen molar-refractivity contribution in [2.75, 3.05) is 18.4 Å². The molecule has 7 heteroatoms. The molecule has 0 aliphatic carbocycles. The van der Waals surface area contributed by atoms with Gasteiger partial charge >= 0.3 is 0 Å². The largest absolute Gasteiger partial charge is 0.507 e. The van der Waals surface area contributed by atoms with Gasteiger partial charge in [0.05, 0.1) is 16.3 Å². The highest BCUT2D eigenvalue weighted by molar-refractivity contribution is 6.36. The van der Waals surface area contributed by atoms with Crippen molar-refractivity contribution in [1.82, 2.24) is 4.90 Å². The first kappa shape index (κ1) is 19.1. The standard InChI is InChI=1S/C18H18Cl2N2O3/c1-2-9-22(18(25)13-5-3-4-6-16(13)23)11-17(24)21-15-8-7-12(19)10-14(15)20/h3-8,10,23H,2,9,11H2,1H3,(H,21,24). The summed E-state index contributed by atoms with van der Waals surface area (Å²) < 4.78 is 0. The fraction of sp³-hybridized carbons (Fsp3) is 0.222. The maximum Gasteiger partial charge on any atom is 0.258 e. The first-order valence-electron chi connectivity index (χ1n) is 7.74. The van der Waals surface area contributed by atoms with Crippen LogP contribution in [0.4, 0.5) is 5.69 Å². The summed E-state index contributed by atoms with van der Waals surface area (Å²) in [6.07, 6.45) is 0.675. The molecular formula is C18H18Cl2N2O3. The summed E-state index contributed by atoms with van der Waals surface area (Å²) in [6.45, 7) is 2.13. The molecule has 0 fully saturated rings. The van der Waals surface area contributed by atoms with Gasteiger partial charge in [-0.05, 0) is 36.8 Å². The second kappa shape index (κ2) is 8.74. The number of phenolic OH excluding ortho intramolecular Hbond substituents is 1. The van der Waals surface area contributed by atoms with Gasteiger partial charge in [0, 0.05) is 11.6 Å². The van der Waals surface area contributed by atoms with E-state index in [1.165, 1.54) is 23.1 Å². The number of carbonyl (C=O) groups excluding carboxylic acids is 2. The molecule has 0 atom stereocenters. The molecule has 0 radical (unpaired) electrons. The number of nitrogens with one attached hydrogen (secondary N) is 1. The van der Waals surface area contributed by atoms with Crippen LogP contribution in [0, 0.1) is 0 Å². The molecule has 5 nitrogen and oxygen atoms in total. The van der Waals surface area contributed by atoms with Gasteiger partial charge in [0.25, 0.3) is 5.91 Å². The zero-order chi connectivity index (χ0) is 18.4. The second-order valence-corrected chi connectivity index (χ2v) is 6.26. The lowest BCUT2D eigenvalue weighted by Gasteiger charge is -2.22. The number of hydrogen-bond acceptors (Lipinski definition) is 3. The number of rotatable bonds is 6. The van der Waals surface area contributed by atoms with Crippen LogP contribution in [-0.2, 0) is 4.79 Å². The van der Waals surface area contributed by atoms with Crippen LogP contribution in [0.15, 0.2) is 42.5 Å². The molecule has 2 aromatic rings. The van der Waals surface area contributed by atoms with Crippen LogP contribution in [0.1, 0.15) is 23.7 Å². The first-order valence-corrected chi connectivity index (χ1v) is 8.50. The first-order chi connectivity index (χ1) is 11.9. The monoisotopic (exact) mass is 380 g/mol. The normalized spacial score (nSPS) is 10.4. The molecule has 0 spiro atoms. The third-order valence-corrected chi connectivity index (χ3v) is 4.00. The van der Waals surface area contributed by atoms with Crippen molar-refractivity contribution in [2.24, 2.45) is 0 Å². The molecule has 0 aliphatic rings. The number of anilines is 1. The summed E-state index contributed by atoms with van der Waals surface area (Å²) in [5.41, 5.74) is 0.579. The van der Waals surface area contributed by atoms with E-state index in [9.17, 15) is 14.7 Å². The van der Waals surface area contributed by atoms with Gasteiger partial charge in [-0.25, -0.2) is 0 Å². The van der Waals surface area contributed by atoms with Crippen LogP contribution >= 0.6 is 23.2 Å². The molecular weight excluding hydrogens is 363 g/mol. The number of para-hydroxylation sites is 1. The van der Waals surface area contributed by atoms with Gasteiger partial charge in [0.1, 0.15) is 12.3 Å². The zero-order valence-electron chi connectivity index (χ0n) is 13.6. The number of phenols is 1. The van der Waals surface area contributed by atoms with Crippen LogP contribution < -0.4 is 5.32 Å². The van der Waals surface area contributed by atoms with Gasteiger partial charge in [-0.3, -0.25) is 9.59 Å². The van der Waals surface area contributed by atoms with E-state index in [1.807, 2.05) is 6.92 Å². The number of amides is 2. The van der Waals surface area contributed by atoms with Crippen molar-refractivity contribution in [3.8, 4) is 5.75 Å². The van der Waals surface area contributed by atoms with E-state index in [4.69, 9.17) is 23.2 Å². The third kappa shape index (κ3) is 5.11. The highest BCUT2D eigenvalue weighted by atomic mass is 35.5. The van der Waals surface area contributed by atoms with E-state index in [-0.39, 0.29) is 23.8 Å². The number of halogens is 2. The second-order valence-electron chi connectivity index (χ2n) is 5.42. The van der Waals surface area contributed by atoms with E-state index in [1.54, 1.807) is 24.3 Å². The summed E-state index contributed by atoms with van der Waals surface area (Å²) in [6, 6.07) is 11.0. The van der Waals surface area contributed by atoms with Crippen molar-refractivity contribution in [3.05, 3.63) is 58.1 Å². The van der Waals surface area contributed by atoms with Crippen molar-refractivity contribution in [1.29, 1.82) is 0 Å². The number of carbonyl (C=O) groups is 2. The predicted octanol–water partition coefficient (Wildman–Crippen LogP) is 4.19. The highest BCUT2D eigenvalue weighted by Gasteiger charge is 2.21. The average Bonchev–Trinajstić information content (AvgIpc) is 2.57. The number of hydrogen-bond donors (Lipinski definition) is 2. The molecule has 0 bridgehead atoms. The SMILES string of the molecule is CCCN(CC(=O)Nc1ccc(Cl)cc1Cl)C(=O)c1ccccc1O. The van der Waals surface area contributed by atoms with Crippen LogP contribution in [0.5, 0.6) is 5.75 Å². The summed E-state index contributed by atoms with van der Waals surface area (Å²) in [5.74, 6) is -0.909. The molecule has 0 saturated carbocycles. The molecule has 2 amide bonds. The summed E-state index contributed by atoms with van der Waals surface area (Å²) >= 11 is 11.9. The van der Waals surface area contributed by atoms with Crippen molar-refractivity contribution >= 4 is 40.7 Å². The Hall–Kier alpha value is -2.24. The maximum absolute atomic E-state index is 12.6. The number of benzene rings is 2. The Bertz CT molecular complexity index is 781. The van der Waals surface area contributed by atoms with Gasteiger partial charge < -0.3 is 15.3 Å². The van der Waals surface area contributed by atoms with Crippen molar-refractivity contribution in [2.45, 2.75) is 13.3 Å².